The molecule has 1 fully saturated rings. The van der Waals surface area contributed by atoms with Crippen molar-refractivity contribution in [3.05, 3.63) is 53.7 Å². The molecule has 3 heterocycles. The molecule has 1 aromatic heterocycles. The van der Waals surface area contributed by atoms with Crippen LogP contribution in [0.4, 0.5) is 11.5 Å². The average Bonchev–Trinajstić information content (AvgIpc) is 2.67. The number of carbonyl (C=O) groups excluding carboxylic acids is 1. The minimum Gasteiger partial charge on any atom is -0.337 e. The molecule has 4 rings (SSSR count). The van der Waals surface area contributed by atoms with E-state index in [1.807, 2.05) is 23.1 Å². The van der Waals surface area contributed by atoms with Crippen LogP contribution in [0.15, 0.2) is 42.5 Å². The molecule has 0 radical (unpaired) electrons. The molecule has 2 aliphatic rings. The topological polar surface area (TPSA) is 36.4 Å². The van der Waals surface area contributed by atoms with E-state index in [2.05, 4.69) is 36.1 Å². The Hall–Kier alpha value is -2.36. The average molecular weight is 335 g/mol. The third-order valence-electron chi connectivity index (χ3n) is 5.28. The van der Waals surface area contributed by atoms with Crippen LogP contribution in [0.25, 0.3) is 0 Å². The van der Waals surface area contributed by atoms with Crippen LogP contribution in [-0.4, -0.2) is 35.4 Å². The van der Waals surface area contributed by atoms with Crippen LogP contribution in [-0.2, 0) is 6.42 Å². The first kappa shape index (κ1) is 16.1. The Morgan fingerprint density at radius 2 is 1.96 bits per heavy atom. The van der Waals surface area contributed by atoms with Gasteiger partial charge < -0.3 is 9.80 Å². The zero-order chi connectivity index (χ0) is 17.2. The fourth-order valence-electron chi connectivity index (χ4n) is 4.00. The highest BCUT2D eigenvalue weighted by molar-refractivity contribution is 5.93. The van der Waals surface area contributed by atoms with Gasteiger partial charge in [0.05, 0.1) is 0 Å². The third kappa shape index (κ3) is 3.26. The van der Waals surface area contributed by atoms with Gasteiger partial charge in [-0.25, -0.2) is 4.98 Å². The van der Waals surface area contributed by atoms with E-state index in [4.69, 9.17) is 4.98 Å². The van der Waals surface area contributed by atoms with E-state index in [-0.39, 0.29) is 5.91 Å². The van der Waals surface area contributed by atoms with Crippen molar-refractivity contribution >= 4 is 17.4 Å². The molecule has 1 aromatic carbocycles. The quantitative estimate of drug-likeness (QED) is 0.831. The van der Waals surface area contributed by atoms with E-state index in [9.17, 15) is 4.79 Å². The van der Waals surface area contributed by atoms with Gasteiger partial charge in [0, 0.05) is 25.3 Å². The highest BCUT2D eigenvalue weighted by Gasteiger charge is 2.24. The zero-order valence-corrected chi connectivity index (χ0v) is 14.8. The Morgan fingerprint density at radius 1 is 1.08 bits per heavy atom. The second kappa shape index (κ2) is 6.87. The van der Waals surface area contributed by atoms with Crippen molar-refractivity contribution in [3.8, 4) is 0 Å². The first-order chi connectivity index (χ1) is 12.2. The lowest BCUT2D eigenvalue weighted by Crippen LogP contribution is -2.39. The van der Waals surface area contributed by atoms with Crippen LogP contribution in [0.2, 0.25) is 0 Å². The maximum Gasteiger partial charge on any atom is 0.272 e. The Labute approximate surface area is 149 Å². The predicted molar refractivity (Wildman–Crippen MR) is 100 cm³/mol. The van der Waals surface area contributed by atoms with Crippen molar-refractivity contribution < 1.29 is 4.79 Å². The monoisotopic (exact) mass is 335 g/mol. The zero-order valence-electron chi connectivity index (χ0n) is 14.8. The molecule has 130 valence electrons. The number of carbonyl (C=O) groups is 1. The Morgan fingerprint density at radius 3 is 2.84 bits per heavy atom. The van der Waals surface area contributed by atoms with Crippen LogP contribution in [0.1, 0.15) is 42.2 Å². The highest BCUT2D eigenvalue weighted by Crippen LogP contribution is 2.32. The smallest absolute Gasteiger partial charge is 0.272 e. The van der Waals surface area contributed by atoms with Gasteiger partial charge in [0.1, 0.15) is 11.5 Å². The number of likely N-dealkylation sites (tertiary alicyclic amines) is 1. The predicted octanol–water partition coefficient (Wildman–Crippen LogP) is 4.04. The van der Waals surface area contributed by atoms with Crippen molar-refractivity contribution in [3.63, 3.8) is 0 Å². The molecule has 25 heavy (non-hydrogen) atoms. The molecule has 1 unspecified atom stereocenters. The summed E-state index contributed by atoms with van der Waals surface area (Å²) in [5.74, 6) is 1.52. The lowest BCUT2D eigenvalue weighted by molar-refractivity contribution is 0.0677. The van der Waals surface area contributed by atoms with E-state index in [0.29, 0.717) is 11.6 Å². The molecular formula is C21H25N3O. The maximum atomic E-state index is 12.9. The minimum atomic E-state index is 0.0682. The number of nitrogens with zero attached hydrogens (tertiary/aromatic N) is 3. The minimum absolute atomic E-state index is 0.0682. The van der Waals surface area contributed by atoms with E-state index >= 15 is 0 Å². The van der Waals surface area contributed by atoms with Gasteiger partial charge in [-0.2, -0.15) is 0 Å². The molecule has 0 saturated carbocycles. The number of piperidine rings is 1. The number of hydrogen-bond acceptors (Lipinski definition) is 3. The van der Waals surface area contributed by atoms with E-state index in [1.54, 1.807) is 0 Å². The van der Waals surface area contributed by atoms with Gasteiger partial charge in [0.25, 0.3) is 5.91 Å². The summed E-state index contributed by atoms with van der Waals surface area (Å²) in [5.41, 5.74) is 3.14. The Bertz CT molecular complexity index is 773. The van der Waals surface area contributed by atoms with Gasteiger partial charge >= 0.3 is 0 Å². The molecule has 0 N–H and O–H groups in total. The standard InChI is InChI=1S/C21H25N3O/c1-16-7-5-13-23(15-16)21(25)18-10-4-12-20(22-18)24-14-6-9-17-8-2-3-11-19(17)24/h2-4,8,10-12,16H,5-7,9,13-15H2,1H3. The molecule has 2 aromatic rings. The second-order valence-corrected chi connectivity index (χ2v) is 7.26. The van der Waals surface area contributed by atoms with Gasteiger partial charge in [-0.15, -0.1) is 0 Å². The Balaban J connectivity index is 1.61. The molecule has 1 saturated heterocycles. The maximum absolute atomic E-state index is 12.9. The van der Waals surface area contributed by atoms with Gasteiger partial charge in [0.2, 0.25) is 0 Å². The van der Waals surface area contributed by atoms with Crippen LogP contribution >= 0.6 is 0 Å². The lowest BCUT2D eigenvalue weighted by Gasteiger charge is -2.32. The summed E-state index contributed by atoms with van der Waals surface area (Å²) in [7, 11) is 0. The van der Waals surface area contributed by atoms with Crippen LogP contribution < -0.4 is 4.90 Å². The first-order valence-electron chi connectivity index (χ1n) is 9.34. The van der Waals surface area contributed by atoms with Gasteiger partial charge in [-0.1, -0.05) is 31.2 Å². The summed E-state index contributed by atoms with van der Waals surface area (Å²) in [6, 6.07) is 14.3. The molecule has 0 bridgehead atoms. The van der Waals surface area contributed by atoms with E-state index in [1.165, 1.54) is 17.7 Å². The van der Waals surface area contributed by atoms with Crippen molar-refractivity contribution in [1.29, 1.82) is 0 Å². The number of benzene rings is 1. The molecule has 0 aliphatic carbocycles. The summed E-state index contributed by atoms with van der Waals surface area (Å²) >= 11 is 0. The van der Waals surface area contributed by atoms with Gasteiger partial charge in [-0.05, 0) is 55.4 Å². The number of hydrogen-bond donors (Lipinski definition) is 0. The normalized spacial score (nSPS) is 20.3. The molecular weight excluding hydrogens is 310 g/mol. The van der Waals surface area contributed by atoms with Crippen molar-refractivity contribution in [2.75, 3.05) is 24.5 Å². The van der Waals surface area contributed by atoms with Crippen LogP contribution in [0.3, 0.4) is 0 Å². The number of anilines is 2. The molecule has 0 spiro atoms. The SMILES string of the molecule is CC1CCCN(C(=O)c2cccc(N3CCCc4ccccc43)n2)C1. The van der Waals surface area contributed by atoms with Crippen LogP contribution in [0.5, 0.6) is 0 Å². The summed E-state index contributed by atoms with van der Waals surface area (Å²) < 4.78 is 0. The number of pyridine rings is 1. The molecule has 1 atom stereocenters. The summed E-state index contributed by atoms with van der Waals surface area (Å²) in [6.45, 7) is 4.86. The number of aryl methyl sites for hydroxylation is 1. The van der Waals surface area contributed by atoms with E-state index < -0.39 is 0 Å². The van der Waals surface area contributed by atoms with Gasteiger partial charge in [0.15, 0.2) is 0 Å². The number of rotatable bonds is 2. The fraction of sp³-hybridized carbons (Fsp3) is 0.429. The number of para-hydroxylation sites is 1. The highest BCUT2D eigenvalue weighted by atomic mass is 16.2. The molecule has 1 amide bonds. The largest absolute Gasteiger partial charge is 0.337 e. The summed E-state index contributed by atoms with van der Waals surface area (Å²) in [6.07, 6.45) is 4.52. The summed E-state index contributed by atoms with van der Waals surface area (Å²) in [4.78, 5) is 21.8. The molecule has 4 nitrogen and oxygen atoms in total. The van der Waals surface area contributed by atoms with Crippen molar-refractivity contribution in [2.45, 2.75) is 32.6 Å². The third-order valence-corrected chi connectivity index (χ3v) is 5.28. The number of aromatic nitrogens is 1. The van der Waals surface area contributed by atoms with Crippen molar-refractivity contribution in [1.82, 2.24) is 9.88 Å². The fourth-order valence-corrected chi connectivity index (χ4v) is 4.00. The van der Waals surface area contributed by atoms with E-state index in [0.717, 1.165) is 44.7 Å². The number of fused-ring (bicyclic) bond motifs is 1. The molecule has 2 aliphatic heterocycles. The van der Waals surface area contributed by atoms with Crippen molar-refractivity contribution in [2.24, 2.45) is 5.92 Å². The number of amides is 1. The first-order valence-corrected chi connectivity index (χ1v) is 9.34. The van der Waals surface area contributed by atoms with Crippen LogP contribution in [0, 0.1) is 5.92 Å². The lowest BCUT2D eigenvalue weighted by atomic mass is 10.00. The second-order valence-electron chi connectivity index (χ2n) is 7.26. The summed E-state index contributed by atoms with van der Waals surface area (Å²) in [5, 5.41) is 0. The molecule has 4 heteroatoms. The Kier molecular flexibility index (Phi) is 4.43. The van der Waals surface area contributed by atoms with Gasteiger partial charge in [-0.3, -0.25) is 4.79 Å².